The highest BCUT2D eigenvalue weighted by Gasteiger charge is 2.53. The van der Waals surface area contributed by atoms with Crippen LogP contribution in [0.3, 0.4) is 0 Å². The van der Waals surface area contributed by atoms with Gasteiger partial charge >= 0.3 is 5.97 Å². The van der Waals surface area contributed by atoms with Gasteiger partial charge in [-0.05, 0) is 38.5 Å². The molecule has 2 aromatic rings. The number of esters is 1. The number of thioether (sulfide) groups is 1. The molecule has 8 heteroatoms. The van der Waals surface area contributed by atoms with E-state index < -0.39 is 12.0 Å². The van der Waals surface area contributed by atoms with E-state index in [2.05, 4.69) is 4.98 Å². The number of carbonyl (C=O) groups is 2. The molecule has 2 aliphatic rings. The summed E-state index contributed by atoms with van der Waals surface area (Å²) in [5, 5.41) is 1.32. The van der Waals surface area contributed by atoms with E-state index in [4.69, 9.17) is 27.9 Å². The highest BCUT2D eigenvalue weighted by molar-refractivity contribution is 8.01. The average molecular weight is 411 g/mol. The fourth-order valence-corrected chi connectivity index (χ4v) is 5.52. The van der Waals surface area contributed by atoms with Crippen LogP contribution in [0.25, 0.3) is 10.9 Å². The molecule has 26 heavy (non-hydrogen) atoms. The molecule has 0 spiro atoms. The summed E-state index contributed by atoms with van der Waals surface area (Å²) in [5.41, 5.74) is 1.20. The molecule has 1 aromatic carbocycles. The molecule has 2 aliphatic heterocycles. The summed E-state index contributed by atoms with van der Waals surface area (Å²) < 4.78 is 5.65. The first-order valence-corrected chi connectivity index (χ1v) is 9.97. The SMILES string of the molecule is Cc1ccc2c(Cl)cc(Cl)c(OC(=O)C3CSC4(C)CCC(=O)N34)c2n1. The zero-order valence-electron chi connectivity index (χ0n) is 14.2. The van der Waals surface area contributed by atoms with Crippen LogP contribution in [0.1, 0.15) is 25.5 Å². The summed E-state index contributed by atoms with van der Waals surface area (Å²) in [7, 11) is 0. The van der Waals surface area contributed by atoms with Gasteiger partial charge in [-0.3, -0.25) is 4.79 Å². The number of aryl methyl sites for hydroxylation is 1. The third-order valence-electron chi connectivity index (χ3n) is 4.90. The Bertz CT molecular complexity index is 952. The van der Waals surface area contributed by atoms with Crippen molar-refractivity contribution in [3.8, 4) is 5.75 Å². The van der Waals surface area contributed by atoms with Crippen LogP contribution in [0.5, 0.6) is 5.75 Å². The first-order valence-electron chi connectivity index (χ1n) is 8.23. The molecule has 2 saturated heterocycles. The van der Waals surface area contributed by atoms with E-state index in [1.165, 1.54) is 0 Å². The van der Waals surface area contributed by atoms with Gasteiger partial charge in [0, 0.05) is 23.3 Å². The van der Waals surface area contributed by atoms with Gasteiger partial charge in [0.1, 0.15) is 11.6 Å². The number of ether oxygens (including phenoxy) is 1. The molecule has 5 nitrogen and oxygen atoms in total. The van der Waals surface area contributed by atoms with Crippen molar-refractivity contribution in [2.75, 3.05) is 5.75 Å². The Hall–Kier alpha value is -1.50. The van der Waals surface area contributed by atoms with Crippen molar-refractivity contribution in [1.29, 1.82) is 0 Å². The number of rotatable bonds is 2. The third kappa shape index (κ3) is 2.75. The Morgan fingerprint density at radius 3 is 2.92 bits per heavy atom. The van der Waals surface area contributed by atoms with Gasteiger partial charge in [0.2, 0.25) is 5.91 Å². The predicted molar refractivity (Wildman–Crippen MR) is 103 cm³/mol. The number of amides is 1. The Kier molecular flexibility index (Phi) is 4.33. The minimum Gasteiger partial charge on any atom is -0.421 e. The first-order chi connectivity index (χ1) is 12.3. The van der Waals surface area contributed by atoms with Crippen LogP contribution in [0.15, 0.2) is 18.2 Å². The lowest BCUT2D eigenvalue weighted by molar-refractivity contribution is -0.146. The molecule has 0 aliphatic carbocycles. The first kappa shape index (κ1) is 17.9. The van der Waals surface area contributed by atoms with Gasteiger partial charge in [-0.15, -0.1) is 11.8 Å². The number of pyridine rings is 1. The molecule has 0 bridgehead atoms. The van der Waals surface area contributed by atoms with Crippen molar-refractivity contribution in [2.24, 2.45) is 0 Å². The smallest absolute Gasteiger partial charge is 0.335 e. The lowest BCUT2D eigenvalue weighted by Gasteiger charge is -2.29. The molecule has 2 fully saturated rings. The Morgan fingerprint density at radius 2 is 2.15 bits per heavy atom. The third-order valence-corrected chi connectivity index (χ3v) is 7.00. The van der Waals surface area contributed by atoms with Crippen LogP contribution in [-0.4, -0.2) is 38.4 Å². The maximum atomic E-state index is 12.9. The van der Waals surface area contributed by atoms with Gasteiger partial charge < -0.3 is 9.64 Å². The second-order valence-electron chi connectivity index (χ2n) is 6.70. The number of hydrogen-bond donors (Lipinski definition) is 0. The van der Waals surface area contributed by atoms with Crippen LogP contribution in [0.2, 0.25) is 10.0 Å². The molecule has 4 rings (SSSR count). The number of fused-ring (bicyclic) bond motifs is 2. The van der Waals surface area contributed by atoms with E-state index in [1.54, 1.807) is 22.7 Å². The fourth-order valence-electron chi connectivity index (χ4n) is 3.55. The zero-order chi connectivity index (χ0) is 18.6. The largest absolute Gasteiger partial charge is 0.421 e. The second kappa shape index (κ2) is 6.29. The number of aromatic nitrogens is 1. The lowest BCUT2D eigenvalue weighted by Crippen LogP contribution is -2.47. The molecule has 3 heterocycles. The summed E-state index contributed by atoms with van der Waals surface area (Å²) in [6.07, 6.45) is 1.20. The maximum Gasteiger partial charge on any atom is 0.335 e. The summed E-state index contributed by atoms with van der Waals surface area (Å²) in [6.45, 7) is 3.83. The monoisotopic (exact) mass is 410 g/mol. The Balaban J connectivity index is 1.71. The summed E-state index contributed by atoms with van der Waals surface area (Å²) >= 11 is 14.1. The second-order valence-corrected chi connectivity index (χ2v) is 9.02. The van der Waals surface area contributed by atoms with Gasteiger partial charge in [0.15, 0.2) is 5.75 Å². The highest BCUT2D eigenvalue weighted by atomic mass is 35.5. The fraction of sp³-hybridized carbons (Fsp3) is 0.389. The Labute approximate surface area is 165 Å². The molecule has 0 saturated carbocycles. The number of hydrogen-bond acceptors (Lipinski definition) is 5. The van der Waals surface area contributed by atoms with Gasteiger partial charge in [-0.2, -0.15) is 0 Å². The van der Waals surface area contributed by atoms with Crippen LogP contribution in [-0.2, 0) is 9.59 Å². The van der Waals surface area contributed by atoms with Crippen molar-refractivity contribution in [1.82, 2.24) is 9.88 Å². The average Bonchev–Trinajstić information content (AvgIpc) is 3.07. The maximum absolute atomic E-state index is 12.9. The van der Waals surface area contributed by atoms with Crippen molar-refractivity contribution in [3.63, 3.8) is 0 Å². The molecule has 136 valence electrons. The zero-order valence-corrected chi connectivity index (χ0v) is 16.5. The minimum absolute atomic E-state index is 0.0134. The van der Waals surface area contributed by atoms with Gasteiger partial charge in [0.05, 0.1) is 14.9 Å². The van der Waals surface area contributed by atoms with Crippen molar-refractivity contribution >= 4 is 57.7 Å². The molecule has 0 N–H and O–H groups in total. The Morgan fingerprint density at radius 1 is 1.38 bits per heavy atom. The van der Waals surface area contributed by atoms with E-state index in [0.717, 1.165) is 12.1 Å². The number of nitrogens with zero attached hydrogens (tertiary/aromatic N) is 2. The summed E-state index contributed by atoms with van der Waals surface area (Å²) in [6, 6.07) is 4.57. The standard InChI is InChI=1S/C18H16Cl2N2O3S/c1-9-3-4-10-11(19)7-12(20)16(15(10)21-9)25-17(24)13-8-26-18(2)6-5-14(23)22(13)18/h3-4,7,13H,5-6,8H2,1-2H3. The van der Waals surface area contributed by atoms with Crippen molar-refractivity contribution in [3.05, 3.63) is 33.9 Å². The quantitative estimate of drug-likeness (QED) is 0.548. The van der Waals surface area contributed by atoms with E-state index in [-0.39, 0.29) is 21.6 Å². The topological polar surface area (TPSA) is 59.5 Å². The van der Waals surface area contributed by atoms with Crippen LogP contribution >= 0.6 is 35.0 Å². The van der Waals surface area contributed by atoms with Crippen LogP contribution in [0, 0.1) is 6.92 Å². The molecule has 1 amide bonds. The number of halogens is 2. The van der Waals surface area contributed by atoms with E-state index in [0.29, 0.717) is 28.1 Å². The van der Waals surface area contributed by atoms with E-state index >= 15 is 0 Å². The summed E-state index contributed by atoms with van der Waals surface area (Å²) in [4.78, 5) is 30.9. The van der Waals surface area contributed by atoms with E-state index in [1.807, 2.05) is 26.0 Å². The lowest BCUT2D eigenvalue weighted by atomic mass is 10.2. The van der Waals surface area contributed by atoms with Gasteiger partial charge in [-0.1, -0.05) is 23.2 Å². The predicted octanol–water partition coefficient (Wildman–Crippen LogP) is 4.21. The highest BCUT2D eigenvalue weighted by Crippen LogP contribution is 2.47. The summed E-state index contributed by atoms with van der Waals surface area (Å²) in [5.74, 6) is 0.187. The molecule has 0 radical (unpaired) electrons. The number of benzene rings is 1. The normalized spacial score (nSPS) is 25.0. The molecule has 2 unspecified atom stereocenters. The molecular weight excluding hydrogens is 395 g/mol. The van der Waals surface area contributed by atoms with Gasteiger partial charge in [-0.25, -0.2) is 9.78 Å². The molecule has 2 atom stereocenters. The van der Waals surface area contributed by atoms with Crippen molar-refractivity contribution in [2.45, 2.75) is 37.6 Å². The van der Waals surface area contributed by atoms with Crippen LogP contribution in [0.4, 0.5) is 0 Å². The van der Waals surface area contributed by atoms with Crippen molar-refractivity contribution < 1.29 is 14.3 Å². The van der Waals surface area contributed by atoms with E-state index in [9.17, 15) is 9.59 Å². The molecule has 1 aromatic heterocycles. The minimum atomic E-state index is -0.619. The molecular formula is C18H16Cl2N2O3S. The number of carbonyl (C=O) groups excluding carboxylic acids is 2. The van der Waals surface area contributed by atoms with Crippen LogP contribution < -0.4 is 4.74 Å². The van der Waals surface area contributed by atoms with Gasteiger partial charge in [0.25, 0.3) is 0 Å².